The number of piperidine rings is 1. The van der Waals surface area contributed by atoms with Crippen LogP contribution in [0.1, 0.15) is 29.2 Å². The molecule has 0 bridgehead atoms. The van der Waals surface area contributed by atoms with Crippen LogP contribution in [0.15, 0.2) is 16.5 Å². The first kappa shape index (κ1) is 13.6. The molecule has 0 aromatic carbocycles. The van der Waals surface area contributed by atoms with E-state index in [0.29, 0.717) is 37.5 Å². The lowest BCUT2D eigenvalue weighted by molar-refractivity contribution is -0.145. The molecule has 6 nitrogen and oxygen atoms in total. The van der Waals surface area contributed by atoms with Gasteiger partial charge in [0.1, 0.15) is 12.4 Å². The highest BCUT2D eigenvalue weighted by atomic mass is 16.5. The third-order valence-electron chi connectivity index (χ3n) is 3.12. The summed E-state index contributed by atoms with van der Waals surface area (Å²) in [5, 5.41) is 8.53. The largest absolute Gasteiger partial charge is 0.480 e. The summed E-state index contributed by atoms with van der Waals surface area (Å²) in [7, 11) is 0. The van der Waals surface area contributed by atoms with Gasteiger partial charge in [0.2, 0.25) is 0 Å². The van der Waals surface area contributed by atoms with Gasteiger partial charge in [0, 0.05) is 13.1 Å². The fraction of sp³-hybridized carbons (Fsp3) is 0.538. The van der Waals surface area contributed by atoms with Gasteiger partial charge in [0.15, 0.2) is 5.76 Å². The Kier molecular flexibility index (Phi) is 4.21. The molecule has 1 aliphatic heterocycles. The highest BCUT2D eigenvalue weighted by molar-refractivity contribution is 5.91. The molecule has 1 aliphatic rings. The summed E-state index contributed by atoms with van der Waals surface area (Å²) in [6.45, 7) is 2.63. The fourth-order valence-electron chi connectivity index (χ4n) is 2.12. The van der Waals surface area contributed by atoms with E-state index in [1.807, 2.05) is 0 Å². The SMILES string of the molecule is Cc1ccc(C(=O)N2CCC(OCC(=O)O)CC2)o1. The quantitative estimate of drug-likeness (QED) is 0.889. The van der Waals surface area contributed by atoms with Crippen molar-refractivity contribution in [2.75, 3.05) is 19.7 Å². The van der Waals surface area contributed by atoms with Gasteiger partial charge in [-0.25, -0.2) is 4.79 Å². The minimum Gasteiger partial charge on any atom is -0.480 e. The van der Waals surface area contributed by atoms with Gasteiger partial charge in [-0.15, -0.1) is 0 Å². The third kappa shape index (κ3) is 3.57. The van der Waals surface area contributed by atoms with Gasteiger partial charge < -0.3 is 19.2 Å². The third-order valence-corrected chi connectivity index (χ3v) is 3.12. The lowest BCUT2D eigenvalue weighted by atomic mass is 10.1. The molecule has 1 aromatic heterocycles. The zero-order valence-corrected chi connectivity index (χ0v) is 10.8. The number of aryl methyl sites for hydroxylation is 1. The number of furan rings is 1. The van der Waals surface area contributed by atoms with E-state index in [0.717, 1.165) is 0 Å². The van der Waals surface area contributed by atoms with Crippen molar-refractivity contribution in [2.45, 2.75) is 25.9 Å². The van der Waals surface area contributed by atoms with Crippen molar-refractivity contribution in [3.63, 3.8) is 0 Å². The molecular formula is C13H17NO5. The number of nitrogens with zero attached hydrogens (tertiary/aromatic N) is 1. The maximum Gasteiger partial charge on any atom is 0.329 e. The molecule has 1 aromatic rings. The van der Waals surface area contributed by atoms with Crippen molar-refractivity contribution in [3.8, 4) is 0 Å². The molecular weight excluding hydrogens is 250 g/mol. The van der Waals surface area contributed by atoms with Crippen LogP contribution in [0.3, 0.4) is 0 Å². The number of carboxylic acid groups (broad SMARTS) is 1. The Balaban J connectivity index is 1.83. The number of carbonyl (C=O) groups is 2. The van der Waals surface area contributed by atoms with E-state index < -0.39 is 5.97 Å². The maximum absolute atomic E-state index is 12.1. The summed E-state index contributed by atoms with van der Waals surface area (Å²) in [6, 6.07) is 3.43. The summed E-state index contributed by atoms with van der Waals surface area (Å²) in [4.78, 5) is 24.2. The molecule has 6 heteroatoms. The Morgan fingerprint density at radius 2 is 2.11 bits per heavy atom. The monoisotopic (exact) mass is 267 g/mol. The van der Waals surface area contributed by atoms with E-state index in [1.165, 1.54) is 0 Å². The molecule has 2 rings (SSSR count). The number of likely N-dealkylation sites (tertiary alicyclic amines) is 1. The lowest BCUT2D eigenvalue weighted by Crippen LogP contribution is -2.41. The van der Waals surface area contributed by atoms with E-state index in [4.69, 9.17) is 14.3 Å². The van der Waals surface area contributed by atoms with Crippen molar-refractivity contribution in [2.24, 2.45) is 0 Å². The molecule has 19 heavy (non-hydrogen) atoms. The maximum atomic E-state index is 12.1. The summed E-state index contributed by atoms with van der Waals surface area (Å²) < 4.78 is 10.5. The number of hydrogen-bond acceptors (Lipinski definition) is 4. The second-order valence-corrected chi connectivity index (χ2v) is 4.61. The number of amides is 1. The Bertz CT molecular complexity index is 459. The predicted octanol–water partition coefficient (Wildman–Crippen LogP) is 1.29. The second-order valence-electron chi connectivity index (χ2n) is 4.61. The van der Waals surface area contributed by atoms with E-state index in [-0.39, 0.29) is 18.6 Å². The van der Waals surface area contributed by atoms with Crippen molar-refractivity contribution >= 4 is 11.9 Å². The number of rotatable bonds is 4. The van der Waals surface area contributed by atoms with Crippen LogP contribution in [0.2, 0.25) is 0 Å². The predicted molar refractivity (Wildman–Crippen MR) is 66.0 cm³/mol. The smallest absolute Gasteiger partial charge is 0.329 e. The molecule has 2 heterocycles. The summed E-state index contributed by atoms with van der Waals surface area (Å²) in [5.74, 6) is -0.0280. The van der Waals surface area contributed by atoms with Gasteiger partial charge in [0.25, 0.3) is 5.91 Å². The zero-order valence-electron chi connectivity index (χ0n) is 10.8. The molecule has 0 saturated carbocycles. The van der Waals surface area contributed by atoms with Crippen LogP contribution < -0.4 is 0 Å². The van der Waals surface area contributed by atoms with Crippen LogP contribution in [0.4, 0.5) is 0 Å². The van der Waals surface area contributed by atoms with Gasteiger partial charge in [-0.2, -0.15) is 0 Å². The minimum absolute atomic E-state index is 0.0847. The van der Waals surface area contributed by atoms with Gasteiger partial charge in [-0.05, 0) is 31.9 Å². The number of carboxylic acids is 1. The molecule has 0 spiro atoms. The first-order valence-electron chi connectivity index (χ1n) is 6.25. The van der Waals surface area contributed by atoms with Gasteiger partial charge in [-0.3, -0.25) is 4.79 Å². The van der Waals surface area contributed by atoms with Gasteiger partial charge in [0.05, 0.1) is 6.10 Å². The van der Waals surface area contributed by atoms with Crippen molar-refractivity contribution in [1.82, 2.24) is 4.90 Å². The van der Waals surface area contributed by atoms with Crippen LogP contribution in [-0.4, -0.2) is 47.7 Å². The number of carbonyl (C=O) groups excluding carboxylic acids is 1. The molecule has 0 radical (unpaired) electrons. The summed E-state index contributed by atoms with van der Waals surface area (Å²) >= 11 is 0. The molecule has 104 valence electrons. The van der Waals surface area contributed by atoms with E-state index in [1.54, 1.807) is 24.0 Å². The van der Waals surface area contributed by atoms with Crippen molar-refractivity contribution < 1.29 is 23.8 Å². The first-order valence-corrected chi connectivity index (χ1v) is 6.25. The molecule has 1 saturated heterocycles. The van der Waals surface area contributed by atoms with E-state index >= 15 is 0 Å². The highest BCUT2D eigenvalue weighted by Gasteiger charge is 2.25. The van der Waals surface area contributed by atoms with Crippen LogP contribution in [-0.2, 0) is 9.53 Å². The fourth-order valence-corrected chi connectivity index (χ4v) is 2.12. The zero-order chi connectivity index (χ0) is 13.8. The molecule has 0 aliphatic carbocycles. The Hall–Kier alpha value is -1.82. The average molecular weight is 267 g/mol. The minimum atomic E-state index is -0.968. The van der Waals surface area contributed by atoms with Gasteiger partial charge in [-0.1, -0.05) is 0 Å². The van der Waals surface area contributed by atoms with Crippen LogP contribution >= 0.6 is 0 Å². The van der Waals surface area contributed by atoms with Crippen LogP contribution in [0, 0.1) is 6.92 Å². The standard InChI is InChI=1S/C13H17NO5/c1-9-2-3-11(19-9)13(17)14-6-4-10(5-7-14)18-8-12(15)16/h2-3,10H,4-8H2,1H3,(H,15,16). The molecule has 1 fully saturated rings. The molecule has 1 N–H and O–H groups in total. The second kappa shape index (κ2) is 5.88. The number of aliphatic carboxylic acids is 1. The average Bonchev–Trinajstić information content (AvgIpc) is 2.83. The van der Waals surface area contributed by atoms with Crippen LogP contribution in [0.25, 0.3) is 0 Å². The summed E-state index contributed by atoms with van der Waals surface area (Å²) in [5.41, 5.74) is 0. The van der Waals surface area contributed by atoms with Crippen molar-refractivity contribution in [1.29, 1.82) is 0 Å². The normalized spacial score (nSPS) is 16.6. The van der Waals surface area contributed by atoms with Gasteiger partial charge >= 0.3 is 5.97 Å². The number of hydrogen-bond donors (Lipinski definition) is 1. The molecule has 0 atom stereocenters. The molecule has 0 unspecified atom stereocenters. The topological polar surface area (TPSA) is 80.0 Å². The summed E-state index contributed by atoms with van der Waals surface area (Å²) in [6.07, 6.45) is 1.22. The molecule has 1 amide bonds. The lowest BCUT2D eigenvalue weighted by Gasteiger charge is -2.31. The highest BCUT2D eigenvalue weighted by Crippen LogP contribution is 2.17. The number of ether oxygens (including phenoxy) is 1. The van der Waals surface area contributed by atoms with Crippen molar-refractivity contribution in [3.05, 3.63) is 23.7 Å². The van der Waals surface area contributed by atoms with E-state index in [2.05, 4.69) is 0 Å². The van der Waals surface area contributed by atoms with E-state index in [9.17, 15) is 9.59 Å². The Morgan fingerprint density at radius 3 is 2.63 bits per heavy atom. The first-order chi connectivity index (χ1) is 9.06. The Morgan fingerprint density at radius 1 is 1.42 bits per heavy atom. The Labute approximate surface area is 110 Å². The van der Waals surface area contributed by atoms with Crippen LogP contribution in [0.5, 0.6) is 0 Å².